The molecule has 21 heavy (non-hydrogen) atoms. The number of pyridine rings is 1. The predicted octanol–water partition coefficient (Wildman–Crippen LogP) is 3.04. The first-order chi connectivity index (χ1) is 9.90. The standard InChI is InChI=1S/C14H13F3N2O2/c1-20-12-8-19-6-5-11(12)13(18)9-3-2-4-10(7-9)21-14(15,16)17/h2-8,13H,18H2,1H3. The number of nitrogens with two attached hydrogens (primary N) is 1. The molecule has 1 heterocycles. The molecule has 0 aliphatic carbocycles. The number of hydrogen-bond donors (Lipinski definition) is 1. The number of benzene rings is 1. The van der Waals surface area contributed by atoms with Crippen molar-refractivity contribution in [1.82, 2.24) is 4.98 Å². The van der Waals surface area contributed by atoms with Crippen LogP contribution in [0.25, 0.3) is 0 Å². The van der Waals surface area contributed by atoms with Crippen molar-refractivity contribution in [1.29, 1.82) is 0 Å². The van der Waals surface area contributed by atoms with Crippen LogP contribution in [-0.4, -0.2) is 18.5 Å². The summed E-state index contributed by atoms with van der Waals surface area (Å²) in [6.45, 7) is 0. The zero-order valence-electron chi connectivity index (χ0n) is 11.1. The second kappa shape index (κ2) is 6.01. The summed E-state index contributed by atoms with van der Waals surface area (Å²) in [6.07, 6.45) is -1.71. The average molecular weight is 298 g/mol. The minimum atomic E-state index is -4.74. The van der Waals surface area contributed by atoms with Crippen LogP contribution in [0.5, 0.6) is 11.5 Å². The number of alkyl halides is 3. The molecule has 0 radical (unpaired) electrons. The molecule has 0 aliphatic rings. The lowest BCUT2D eigenvalue weighted by Gasteiger charge is -2.17. The van der Waals surface area contributed by atoms with E-state index in [1.54, 1.807) is 12.1 Å². The van der Waals surface area contributed by atoms with Gasteiger partial charge in [0.1, 0.15) is 11.5 Å². The zero-order chi connectivity index (χ0) is 15.5. The van der Waals surface area contributed by atoms with Gasteiger partial charge in [-0.1, -0.05) is 12.1 Å². The summed E-state index contributed by atoms with van der Waals surface area (Å²) < 4.78 is 45.7. The summed E-state index contributed by atoms with van der Waals surface area (Å²) in [7, 11) is 1.47. The maximum atomic E-state index is 12.2. The van der Waals surface area contributed by atoms with Crippen LogP contribution >= 0.6 is 0 Å². The van der Waals surface area contributed by atoms with Crippen molar-refractivity contribution in [2.45, 2.75) is 12.4 Å². The Kier molecular flexibility index (Phi) is 4.32. The van der Waals surface area contributed by atoms with Crippen molar-refractivity contribution >= 4 is 0 Å². The Morgan fingerprint density at radius 3 is 2.67 bits per heavy atom. The van der Waals surface area contributed by atoms with E-state index in [1.807, 2.05) is 0 Å². The minimum absolute atomic E-state index is 0.316. The van der Waals surface area contributed by atoms with E-state index in [0.717, 1.165) is 0 Å². The van der Waals surface area contributed by atoms with Gasteiger partial charge in [0.25, 0.3) is 0 Å². The maximum absolute atomic E-state index is 12.2. The molecular weight excluding hydrogens is 285 g/mol. The molecule has 2 aromatic rings. The molecule has 0 saturated heterocycles. The number of hydrogen-bond acceptors (Lipinski definition) is 4. The van der Waals surface area contributed by atoms with E-state index in [0.29, 0.717) is 16.9 Å². The number of aromatic nitrogens is 1. The molecule has 0 saturated carbocycles. The van der Waals surface area contributed by atoms with Gasteiger partial charge < -0.3 is 15.2 Å². The summed E-state index contributed by atoms with van der Waals surface area (Å²) in [5.74, 6) is 0.149. The molecule has 0 bridgehead atoms. The zero-order valence-corrected chi connectivity index (χ0v) is 11.1. The Labute approximate surface area is 119 Å². The minimum Gasteiger partial charge on any atom is -0.495 e. The summed E-state index contributed by atoms with van der Waals surface area (Å²) in [6, 6.07) is 6.53. The Balaban J connectivity index is 2.31. The molecule has 1 aromatic carbocycles. The van der Waals surface area contributed by atoms with E-state index in [9.17, 15) is 13.2 Å². The highest BCUT2D eigenvalue weighted by atomic mass is 19.4. The molecule has 7 heteroatoms. The van der Waals surface area contributed by atoms with E-state index in [1.165, 1.54) is 37.7 Å². The maximum Gasteiger partial charge on any atom is 0.573 e. The molecule has 0 fully saturated rings. The Bertz CT molecular complexity index is 617. The van der Waals surface area contributed by atoms with Gasteiger partial charge in [-0.3, -0.25) is 4.98 Å². The van der Waals surface area contributed by atoms with Crippen molar-refractivity contribution in [2.24, 2.45) is 5.73 Å². The molecule has 2 rings (SSSR count). The smallest absolute Gasteiger partial charge is 0.495 e. The highest BCUT2D eigenvalue weighted by Crippen LogP contribution is 2.30. The summed E-state index contributed by atoms with van der Waals surface area (Å²) in [5, 5.41) is 0. The van der Waals surface area contributed by atoms with Crippen LogP contribution in [0.4, 0.5) is 13.2 Å². The molecule has 1 aromatic heterocycles. The van der Waals surface area contributed by atoms with Crippen LogP contribution in [0.3, 0.4) is 0 Å². The van der Waals surface area contributed by atoms with Crippen molar-refractivity contribution in [3.63, 3.8) is 0 Å². The molecule has 0 spiro atoms. The number of nitrogens with zero attached hydrogens (tertiary/aromatic N) is 1. The van der Waals surface area contributed by atoms with Gasteiger partial charge >= 0.3 is 6.36 Å². The second-order valence-corrected chi connectivity index (χ2v) is 4.22. The van der Waals surface area contributed by atoms with E-state index in [4.69, 9.17) is 10.5 Å². The van der Waals surface area contributed by atoms with Crippen LogP contribution in [0.15, 0.2) is 42.7 Å². The van der Waals surface area contributed by atoms with Crippen LogP contribution in [0, 0.1) is 0 Å². The monoisotopic (exact) mass is 298 g/mol. The molecule has 112 valence electrons. The summed E-state index contributed by atoms with van der Waals surface area (Å²) >= 11 is 0. The van der Waals surface area contributed by atoms with Gasteiger partial charge in [0.15, 0.2) is 0 Å². The molecular formula is C14H13F3N2O2. The topological polar surface area (TPSA) is 57.4 Å². The molecule has 0 amide bonds. The quantitative estimate of drug-likeness (QED) is 0.942. The first kappa shape index (κ1) is 15.1. The lowest BCUT2D eigenvalue weighted by Crippen LogP contribution is -2.18. The van der Waals surface area contributed by atoms with Gasteiger partial charge in [0.05, 0.1) is 19.3 Å². The van der Waals surface area contributed by atoms with E-state index in [2.05, 4.69) is 9.72 Å². The van der Waals surface area contributed by atoms with Crippen molar-refractivity contribution in [2.75, 3.05) is 7.11 Å². The predicted molar refractivity (Wildman–Crippen MR) is 69.9 cm³/mol. The van der Waals surface area contributed by atoms with Crippen LogP contribution < -0.4 is 15.2 Å². The van der Waals surface area contributed by atoms with Crippen LogP contribution in [0.1, 0.15) is 17.2 Å². The van der Waals surface area contributed by atoms with Gasteiger partial charge in [-0.05, 0) is 23.8 Å². The van der Waals surface area contributed by atoms with Crippen molar-refractivity contribution < 1.29 is 22.6 Å². The second-order valence-electron chi connectivity index (χ2n) is 4.22. The number of rotatable bonds is 4. The van der Waals surface area contributed by atoms with Gasteiger partial charge in [-0.25, -0.2) is 0 Å². The van der Waals surface area contributed by atoms with Crippen LogP contribution in [-0.2, 0) is 0 Å². The highest BCUT2D eigenvalue weighted by Gasteiger charge is 2.31. The summed E-state index contributed by atoms with van der Waals surface area (Å²) in [5.41, 5.74) is 7.18. The lowest BCUT2D eigenvalue weighted by atomic mass is 10.00. The Morgan fingerprint density at radius 2 is 2.00 bits per heavy atom. The highest BCUT2D eigenvalue weighted by molar-refractivity contribution is 5.41. The molecule has 1 unspecified atom stereocenters. The molecule has 1 atom stereocenters. The van der Waals surface area contributed by atoms with Crippen molar-refractivity contribution in [3.05, 3.63) is 53.9 Å². The van der Waals surface area contributed by atoms with E-state index in [-0.39, 0.29) is 5.75 Å². The number of ether oxygens (including phenoxy) is 2. The first-order valence-electron chi connectivity index (χ1n) is 6.00. The van der Waals surface area contributed by atoms with E-state index >= 15 is 0 Å². The van der Waals surface area contributed by atoms with E-state index < -0.39 is 12.4 Å². The van der Waals surface area contributed by atoms with Gasteiger partial charge in [0, 0.05) is 11.8 Å². The van der Waals surface area contributed by atoms with Crippen LogP contribution in [0.2, 0.25) is 0 Å². The fourth-order valence-corrected chi connectivity index (χ4v) is 1.90. The Hall–Kier alpha value is -2.28. The Morgan fingerprint density at radius 1 is 1.24 bits per heavy atom. The fraction of sp³-hybridized carbons (Fsp3) is 0.214. The molecule has 4 nitrogen and oxygen atoms in total. The number of halogens is 3. The SMILES string of the molecule is COc1cnccc1C(N)c1cccc(OC(F)(F)F)c1. The number of methoxy groups -OCH3 is 1. The van der Waals surface area contributed by atoms with Crippen molar-refractivity contribution in [3.8, 4) is 11.5 Å². The molecule has 0 aliphatic heterocycles. The fourth-order valence-electron chi connectivity index (χ4n) is 1.90. The van der Waals surface area contributed by atoms with Gasteiger partial charge in [0.2, 0.25) is 0 Å². The molecule has 2 N–H and O–H groups in total. The van der Waals surface area contributed by atoms with Gasteiger partial charge in [-0.15, -0.1) is 13.2 Å². The van der Waals surface area contributed by atoms with Gasteiger partial charge in [-0.2, -0.15) is 0 Å². The third-order valence-electron chi connectivity index (χ3n) is 2.82. The average Bonchev–Trinajstić information content (AvgIpc) is 2.45. The first-order valence-corrected chi connectivity index (χ1v) is 6.00. The third kappa shape index (κ3) is 3.85. The third-order valence-corrected chi connectivity index (χ3v) is 2.82. The summed E-state index contributed by atoms with van der Waals surface area (Å²) in [4.78, 5) is 3.90. The largest absolute Gasteiger partial charge is 0.573 e. The lowest BCUT2D eigenvalue weighted by molar-refractivity contribution is -0.274. The normalized spacial score (nSPS) is 12.8.